The molecule has 0 aliphatic carbocycles. The molecular weight excluding hydrogens is 671 g/mol. The van der Waals surface area contributed by atoms with Gasteiger partial charge in [0.05, 0.1) is 36.9 Å². The highest BCUT2D eigenvalue weighted by Gasteiger charge is 2.43. The summed E-state index contributed by atoms with van der Waals surface area (Å²) in [7, 11) is -0.527. The fourth-order valence-electron chi connectivity index (χ4n) is 7.06. The standard InChI is InChI=1S/C39H53N3O8S/c1-28-8-15-34(16-9-28)51(45,46)42-26-38(50-27-30-10-17-37-36(24-30)41(20-22-49-37)19-6-21-47-3)35(31-11-13-33(48-4)14-12-31)25-32(42)23-29(2)40-18-5-7-39(43)44/h8-17,24,29,32,35,38,40H,5-7,18-23,25-27H2,1-4H3,(H,43,44)/t29-,32-,35+,38-/m0/s1. The molecule has 3 aromatic carbocycles. The second-order valence-electron chi connectivity index (χ2n) is 13.6. The highest BCUT2D eigenvalue weighted by molar-refractivity contribution is 7.89. The molecule has 2 heterocycles. The van der Waals surface area contributed by atoms with Gasteiger partial charge in [-0.15, -0.1) is 0 Å². The quantitative estimate of drug-likeness (QED) is 0.160. The van der Waals surface area contributed by atoms with Gasteiger partial charge in [0.1, 0.15) is 18.1 Å². The number of sulfonamides is 1. The molecule has 3 aromatic rings. The average Bonchev–Trinajstić information content (AvgIpc) is 3.13. The first-order valence-electron chi connectivity index (χ1n) is 17.9. The topological polar surface area (TPSA) is 127 Å². The van der Waals surface area contributed by atoms with Gasteiger partial charge in [0.15, 0.2) is 0 Å². The Bertz CT molecular complexity index is 1670. The van der Waals surface area contributed by atoms with Crippen LogP contribution in [0.3, 0.4) is 0 Å². The van der Waals surface area contributed by atoms with E-state index in [1.165, 1.54) is 0 Å². The third-order valence-corrected chi connectivity index (χ3v) is 11.8. The van der Waals surface area contributed by atoms with Crippen molar-refractivity contribution >= 4 is 21.7 Å². The summed E-state index contributed by atoms with van der Waals surface area (Å²) in [4.78, 5) is 13.6. The maximum absolute atomic E-state index is 14.4. The fraction of sp³-hybridized carbons (Fsp3) is 0.513. The number of ether oxygens (including phenoxy) is 4. The summed E-state index contributed by atoms with van der Waals surface area (Å²) in [6.07, 6.45) is 2.17. The zero-order chi connectivity index (χ0) is 36.4. The largest absolute Gasteiger partial charge is 0.497 e. The lowest BCUT2D eigenvalue weighted by Crippen LogP contribution is -2.53. The van der Waals surface area contributed by atoms with Crippen LogP contribution in [0.2, 0.25) is 0 Å². The number of rotatable bonds is 18. The fourth-order valence-corrected chi connectivity index (χ4v) is 8.72. The maximum atomic E-state index is 14.4. The van der Waals surface area contributed by atoms with Gasteiger partial charge in [0, 0.05) is 51.2 Å². The number of hydrogen-bond acceptors (Lipinski definition) is 9. The van der Waals surface area contributed by atoms with Crippen LogP contribution in [0.15, 0.2) is 71.6 Å². The predicted octanol–water partition coefficient (Wildman–Crippen LogP) is 5.60. The molecule has 1 fully saturated rings. The number of benzene rings is 3. The number of carboxylic acids is 1. The van der Waals surface area contributed by atoms with Gasteiger partial charge in [0.2, 0.25) is 10.0 Å². The number of anilines is 1. The molecule has 2 aliphatic heterocycles. The normalized spacial score (nSPS) is 20.0. The van der Waals surface area contributed by atoms with Crippen LogP contribution in [0.4, 0.5) is 5.69 Å². The number of aliphatic carboxylic acids is 1. The molecule has 12 heteroatoms. The van der Waals surface area contributed by atoms with Crippen molar-refractivity contribution in [3.05, 3.63) is 83.4 Å². The van der Waals surface area contributed by atoms with Crippen molar-refractivity contribution in [3.63, 3.8) is 0 Å². The Hall–Kier alpha value is -3.68. The molecule has 0 radical (unpaired) electrons. The van der Waals surface area contributed by atoms with Crippen molar-refractivity contribution in [2.45, 2.75) is 81.6 Å². The summed E-state index contributed by atoms with van der Waals surface area (Å²) in [5.41, 5.74) is 4.06. The molecule has 2 aliphatic rings. The minimum Gasteiger partial charge on any atom is -0.497 e. The van der Waals surface area contributed by atoms with Crippen molar-refractivity contribution in [3.8, 4) is 11.5 Å². The van der Waals surface area contributed by atoms with Gasteiger partial charge in [-0.1, -0.05) is 35.9 Å². The molecule has 0 unspecified atom stereocenters. The Morgan fingerprint density at radius 1 is 1.06 bits per heavy atom. The number of piperidine rings is 1. The monoisotopic (exact) mass is 723 g/mol. The van der Waals surface area contributed by atoms with Crippen molar-refractivity contribution in [1.29, 1.82) is 0 Å². The molecule has 5 rings (SSSR count). The highest BCUT2D eigenvalue weighted by Crippen LogP contribution is 2.40. The molecule has 4 atom stereocenters. The zero-order valence-electron chi connectivity index (χ0n) is 30.3. The minimum absolute atomic E-state index is 0.0435. The van der Waals surface area contributed by atoms with E-state index in [1.54, 1.807) is 30.7 Å². The maximum Gasteiger partial charge on any atom is 0.303 e. The van der Waals surface area contributed by atoms with Crippen molar-refractivity contribution in [2.24, 2.45) is 0 Å². The van der Waals surface area contributed by atoms with Crippen LogP contribution in [0.1, 0.15) is 61.6 Å². The minimum atomic E-state index is -3.88. The number of methoxy groups -OCH3 is 2. The Labute approximate surface area is 302 Å². The Morgan fingerprint density at radius 3 is 2.53 bits per heavy atom. The van der Waals surface area contributed by atoms with Crippen LogP contribution in [0.5, 0.6) is 11.5 Å². The van der Waals surface area contributed by atoms with Gasteiger partial charge in [-0.25, -0.2) is 8.42 Å². The number of aryl methyl sites for hydroxylation is 1. The van der Waals surface area contributed by atoms with E-state index in [1.807, 2.05) is 62.4 Å². The SMILES string of the molecule is COCCCN1CCOc2ccc(CO[C@H]3CN(S(=O)(=O)c4ccc(C)cc4)[C@@H](C[C@H](C)NCCCC(=O)O)C[C@@H]3c3ccc(OC)cc3)cc21. The predicted molar refractivity (Wildman–Crippen MR) is 197 cm³/mol. The molecule has 11 nitrogen and oxygen atoms in total. The molecule has 0 bridgehead atoms. The van der Waals surface area contributed by atoms with Crippen molar-refractivity contribution in [2.75, 3.05) is 58.5 Å². The molecule has 278 valence electrons. The van der Waals surface area contributed by atoms with Gasteiger partial charge in [-0.3, -0.25) is 4.79 Å². The Kier molecular flexibility index (Phi) is 13.7. The highest BCUT2D eigenvalue weighted by atomic mass is 32.2. The second-order valence-corrected chi connectivity index (χ2v) is 15.5. The van der Waals surface area contributed by atoms with Crippen LogP contribution in [0.25, 0.3) is 0 Å². The zero-order valence-corrected chi connectivity index (χ0v) is 31.1. The van der Waals surface area contributed by atoms with E-state index in [9.17, 15) is 13.2 Å². The molecule has 0 amide bonds. The van der Waals surface area contributed by atoms with Gasteiger partial charge in [-0.05, 0) is 93.6 Å². The summed E-state index contributed by atoms with van der Waals surface area (Å²) < 4.78 is 53.9. The summed E-state index contributed by atoms with van der Waals surface area (Å²) >= 11 is 0. The average molecular weight is 724 g/mol. The van der Waals surface area contributed by atoms with E-state index in [2.05, 4.69) is 16.3 Å². The van der Waals surface area contributed by atoms with Gasteiger partial charge < -0.3 is 34.3 Å². The number of fused-ring (bicyclic) bond motifs is 1. The lowest BCUT2D eigenvalue weighted by molar-refractivity contribution is -0.137. The third kappa shape index (κ3) is 10.2. The number of nitrogens with zero attached hydrogens (tertiary/aromatic N) is 2. The molecule has 2 N–H and O–H groups in total. The van der Waals surface area contributed by atoms with E-state index < -0.39 is 22.1 Å². The van der Waals surface area contributed by atoms with E-state index in [-0.39, 0.29) is 35.9 Å². The van der Waals surface area contributed by atoms with Gasteiger partial charge >= 0.3 is 5.97 Å². The van der Waals surface area contributed by atoms with Crippen LogP contribution in [-0.4, -0.2) is 95.6 Å². The van der Waals surface area contributed by atoms with Crippen molar-refractivity contribution in [1.82, 2.24) is 9.62 Å². The Balaban J connectivity index is 1.43. The smallest absolute Gasteiger partial charge is 0.303 e. The van der Waals surface area contributed by atoms with Crippen LogP contribution >= 0.6 is 0 Å². The van der Waals surface area contributed by atoms with Gasteiger partial charge in [0.25, 0.3) is 0 Å². The summed E-state index contributed by atoms with van der Waals surface area (Å²) in [6, 6.07) is 20.7. The van der Waals surface area contributed by atoms with E-state index in [4.69, 9.17) is 24.1 Å². The lowest BCUT2D eigenvalue weighted by Gasteiger charge is -2.44. The first-order valence-corrected chi connectivity index (χ1v) is 19.3. The molecule has 1 saturated heterocycles. The molecule has 0 spiro atoms. The molecular formula is C39H53N3O8S. The number of hydrogen-bond donors (Lipinski definition) is 2. The Morgan fingerprint density at radius 2 is 1.82 bits per heavy atom. The molecule has 51 heavy (non-hydrogen) atoms. The van der Waals surface area contributed by atoms with Crippen LogP contribution < -0.4 is 19.7 Å². The van der Waals surface area contributed by atoms with E-state index >= 15 is 0 Å². The molecule has 0 aromatic heterocycles. The van der Waals surface area contributed by atoms with E-state index in [0.29, 0.717) is 45.6 Å². The van der Waals surface area contributed by atoms with Crippen LogP contribution in [0, 0.1) is 6.92 Å². The van der Waals surface area contributed by atoms with Crippen LogP contribution in [-0.2, 0) is 30.9 Å². The molecule has 0 saturated carbocycles. The second kappa shape index (κ2) is 18.2. The third-order valence-electron chi connectivity index (χ3n) is 9.82. The first-order chi connectivity index (χ1) is 24.6. The lowest BCUT2D eigenvalue weighted by atomic mass is 9.82. The number of carbonyl (C=O) groups is 1. The van der Waals surface area contributed by atoms with Gasteiger partial charge in [-0.2, -0.15) is 4.31 Å². The van der Waals surface area contributed by atoms with Crippen molar-refractivity contribution < 1.29 is 37.3 Å². The van der Waals surface area contributed by atoms with E-state index in [0.717, 1.165) is 53.4 Å². The number of carboxylic acid groups (broad SMARTS) is 1. The summed E-state index contributed by atoms with van der Waals surface area (Å²) in [5, 5.41) is 12.5. The summed E-state index contributed by atoms with van der Waals surface area (Å²) in [6.45, 7) is 7.96. The number of nitrogens with one attached hydrogen (secondary N) is 1. The first kappa shape index (κ1) is 38.5. The summed E-state index contributed by atoms with van der Waals surface area (Å²) in [5.74, 6) is 0.678.